The number of fused-ring (bicyclic) bond motifs is 1. The van der Waals surface area contributed by atoms with Crippen LogP contribution in [-0.2, 0) is 0 Å². The average molecular weight is 206 g/mol. The number of carbonyl (C=O) groups excluding carboxylic acids is 1. The fourth-order valence-corrected chi connectivity index (χ4v) is 2.83. The summed E-state index contributed by atoms with van der Waals surface area (Å²) in [6.07, 6.45) is 3.41. The molecule has 1 aliphatic rings. The molecule has 0 unspecified atom stereocenters. The van der Waals surface area contributed by atoms with Crippen LogP contribution in [0.2, 0.25) is 0 Å². The second-order valence-electron chi connectivity index (χ2n) is 3.75. The van der Waals surface area contributed by atoms with E-state index in [1.54, 1.807) is 11.3 Å². The molecule has 0 radical (unpaired) electrons. The van der Waals surface area contributed by atoms with E-state index in [9.17, 15) is 4.79 Å². The molecule has 1 aliphatic carbocycles. The first-order chi connectivity index (χ1) is 6.81. The highest BCUT2D eigenvalue weighted by Gasteiger charge is 2.28. The summed E-state index contributed by atoms with van der Waals surface area (Å²) in [6.45, 7) is 1.89. The van der Waals surface area contributed by atoms with Crippen LogP contribution in [0.4, 0.5) is 0 Å². The van der Waals surface area contributed by atoms with E-state index in [0.29, 0.717) is 5.92 Å². The van der Waals surface area contributed by atoms with E-state index < -0.39 is 0 Å². The Labute approximate surface area is 85.4 Å². The Morgan fingerprint density at radius 3 is 3.07 bits per heavy atom. The van der Waals surface area contributed by atoms with Crippen molar-refractivity contribution in [3.8, 4) is 0 Å². The minimum absolute atomic E-state index is 0.663. The molecule has 3 rings (SSSR count). The number of rotatable bonds is 2. The highest BCUT2D eigenvalue weighted by atomic mass is 32.1. The van der Waals surface area contributed by atoms with Gasteiger partial charge in [0.15, 0.2) is 11.2 Å². The van der Waals surface area contributed by atoms with E-state index >= 15 is 0 Å². The first-order valence-electron chi connectivity index (χ1n) is 4.73. The van der Waals surface area contributed by atoms with Crippen LogP contribution in [0.5, 0.6) is 0 Å². The van der Waals surface area contributed by atoms with E-state index in [0.717, 1.165) is 22.6 Å². The SMILES string of the molecule is Cc1nc2scc(C3CC3)n2c1C=O. The summed E-state index contributed by atoms with van der Waals surface area (Å²) < 4.78 is 2.02. The number of aryl methyl sites for hydroxylation is 1. The molecule has 0 amide bonds. The van der Waals surface area contributed by atoms with Gasteiger partial charge in [0.2, 0.25) is 0 Å². The summed E-state index contributed by atoms with van der Waals surface area (Å²) in [5.41, 5.74) is 2.84. The van der Waals surface area contributed by atoms with Crippen molar-refractivity contribution in [3.63, 3.8) is 0 Å². The molecule has 1 fully saturated rings. The highest BCUT2D eigenvalue weighted by Crippen LogP contribution is 2.42. The molecule has 4 heteroatoms. The van der Waals surface area contributed by atoms with Crippen LogP contribution in [0.1, 0.15) is 40.6 Å². The molecule has 0 atom stereocenters. The van der Waals surface area contributed by atoms with Gasteiger partial charge in [-0.1, -0.05) is 0 Å². The van der Waals surface area contributed by atoms with Crippen molar-refractivity contribution in [3.05, 3.63) is 22.5 Å². The first-order valence-corrected chi connectivity index (χ1v) is 5.61. The summed E-state index contributed by atoms with van der Waals surface area (Å²) in [7, 11) is 0. The summed E-state index contributed by atoms with van der Waals surface area (Å²) in [4.78, 5) is 16.3. The highest BCUT2D eigenvalue weighted by molar-refractivity contribution is 7.15. The fraction of sp³-hybridized carbons (Fsp3) is 0.400. The zero-order valence-corrected chi connectivity index (χ0v) is 8.67. The van der Waals surface area contributed by atoms with Crippen molar-refractivity contribution in [1.29, 1.82) is 0 Å². The maximum atomic E-state index is 10.9. The zero-order valence-electron chi connectivity index (χ0n) is 7.86. The van der Waals surface area contributed by atoms with E-state index in [4.69, 9.17) is 0 Å². The number of hydrogen-bond acceptors (Lipinski definition) is 3. The Morgan fingerprint density at radius 2 is 2.43 bits per heavy atom. The van der Waals surface area contributed by atoms with Crippen LogP contribution in [0.25, 0.3) is 4.96 Å². The van der Waals surface area contributed by atoms with Gasteiger partial charge in [0.05, 0.1) is 5.69 Å². The van der Waals surface area contributed by atoms with Crippen molar-refractivity contribution in [2.45, 2.75) is 25.7 Å². The minimum atomic E-state index is 0.663. The van der Waals surface area contributed by atoms with Crippen LogP contribution < -0.4 is 0 Å². The van der Waals surface area contributed by atoms with Gasteiger partial charge < -0.3 is 0 Å². The molecule has 2 aromatic rings. The van der Waals surface area contributed by atoms with Crippen LogP contribution in [0.15, 0.2) is 5.38 Å². The molecule has 2 aromatic heterocycles. The fourth-order valence-electron chi connectivity index (χ4n) is 1.81. The van der Waals surface area contributed by atoms with Crippen molar-refractivity contribution in [1.82, 2.24) is 9.38 Å². The number of carbonyl (C=O) groups is 1. The van der Waals surface area contributed by atoms with Gasteiger partial charge >= 0.3 is 0 Å². The molecule has 3 nitrogen and oxygen atoms in total. The standard InChI is InChI=1S/C10H10N2OS/c1-6-8(4-13)12-9(7-2-3-7)5-14-10(12)11-6/h4-5,7H,2-3H2,1H3. The summed E-state index contributed by atoms with van der Waals surface area (Å²) >= 11 is 1.63. The van der Waals surface area contributed by atoms with Crippen molar-refractivity contribution in [2.24, 2.45) is 0 Å². The third-order valence-corrected chi connectivity index (χ3v) is 3.56. The lowest BCUT2D eigenvalue weighted by molar-refractivity contribution is 0.111. The quantitative estimate of drug-likeness (QED) is 0.707. The number of aldehydes is 1. The van der Waals surface area contributed by atoms with Crippen LogP contribution in [0, 0.1) is 6.92 Å². The van der Waals surface area contributed by atoms with Gasteiger partial charge in [-0.25, -0.2) is 4.98 Å². The van der Waals surface area contributed by atoms with Crippen LogP contribution >= 0.6 is 11.3 Å². The number of hydrogen-bond donors (Lipinski definition) is 0. The number of thiazole rings is 1. The molecule has 0 N–H and O–H groups in total. The average Bonchev–Trinajstić information content (AvgIpc) is 2.85. The van der Waals surface area contributed by atoms with E-state index in [1.165, 1.54) is 18.5 Å². The second kappa shape index (κ2) is 2.67. The van der Waals surface area contributed by atoms with Gasteiger partial charge in [0.25, 0.3) is 0 Å². The molecule has 0 aliphatic heterocycles. The molecule has 1 saturated carbocycles. The largest absolute Gasteiger partial charge is 0.296 e. The monoisotopic (exact) mass is 206 g/mol. The summed E-state index contributed by atoms with van der Waals surface area (Å²) in [6, 6.07) is 0. The smallest absolute Gasteiger partial charge is 0.194 e. The molecular formula is C10H10N2OS. The third kappa shape index (κ3) is 0.973. The normalized spacial score (nSPS) is 16.4. The molecule has 0 spiro atoms. The zero-order chi connectivity index (χ0) is 9.71. The summed E-state index contributed by atoms with van der Waals surface area (Å²) in [5, 5.41) is 2.13. The van der Waals surface area contributed by atoms with Crippen molar-refractivity contribution >= 4 is 22.6 Å². The minimum Gasteiger partial charge on any atom is -0.296 e. The van der Waals surface area contributed by atoms with E-state index in [2.05, 4.69) is 10.4 Å². The second-order valence-corrected chi connectivity index (χ2v) is 4.59. The van der Waals surface area contributed by atoms with Crippen molar-refractivity contribution < 1.29 is 4.79 Å². The lowest BCUT2D eigenvalue weighted by Crippen LogP contribution is -1.95. The van der Waals surface area contributed by atoms with Crippen LogP contribution in [0.3, 0.4) is 0 Å². The van der Waals surface area contributed by atoms with Gasteiger partial charge in [-0.3, -0.25) is 9.20 Å². The number of imidazole rings is 1. The molecule has 0 bridgehead atoms. The third-order valence-electron chi connectivity index (χ3n) is 2.72. The molecule has 0 saturated heterocycles. The van der Waals surface area contributed by atoms with Crippen LogP contribution in [-0.4, -0.2) is 15.7 Å². The van der Waals surface area contributed by atoms with E-state index in [1.807, 2.05) is 11.3 Å². The topological polar surface area (TPSA) is 34.4 Å². The molecule has 14 heavy (non-hydrogen) atoms. The van der Waals surface area contributed by atoms with Gasteiger partial charge in [0, 0.05) is 17.0 Å². The molecule has 2 heterocycles. The summed E-state index contributed by atoms with van der Waals surface area (Å²) in [5.74, 6) is 0.663. The predicted octanol–water partition coefficient (Wildman–Crippen LogP) is 2.39. The van der Waals surface area contributed by atoms with Gasteiger partial charge in [0.1, 0.15) is 5.69 Å². The van der Waals surface area contributed by atoms with Gasteiger partial charge in [-0.2, -0.15) is 0 Å². The number of aromatic nitrogens is 2. The maximum absolute atomic E-state index is 10.9. The molecular weight excluding hydrogens is 196 g/mol. The number of nitrogens with zero attached hydrogens (tertiary/aromatic N) is 2. The first kappa shape index (κ1) is 8.17. The van der Waals surface area contributed by atoms with Gasteiger partial charge in [-0.05, 0) is 19.8 Å². The van der Waals surface area contributed by atoms with Gasteiger partial charge in [-0.15, -0.1) is 11.3 Å². The Kier molecular flexibility index (Phi) is 1.56. The Bertz CT molecular complexity index is 507. The molecule has 0 aromatic carbocycles. The lowest BCUT2D eigenvalue weighted by atomic mass is 10.3. The molecule has 72 valence electrons. The Morgan fingerprint density at radius 1 is 1.64 bits per heavy atom. The Hall–Kier alpha value is -1.16. The maximum Gasteiger partial charge on any atom is 0.194 e. The van der Waals surface area contributed by atoms with Crippen molar-refractivity contribution in [2.75, 3.05) is 0 Å². The van der Waals surface area contributed by atoms with E-state index in [-0.39, 0.29) is 0 Å². The Balaban J connectivity index is 2.34. The lowest BCUT2D eigenvalue weighted by Gasteiger charge is -1.96. The predicted molar refractivity (Wildman–Crippen MR) is 55.2 cm³/mol.